The van der Waals surface area contributed by atoms with E-state index in [0.717, 1.165) is 0 Å². The van der Waals surface area contributed by atoms with Gasteiger partial charge in [-0.3, -0.25) is 0 Å². The minimum atomic E-state index is -6.68. The molecular weight excluding hydrogens is 1470 g/mol. The Hall–Kier alpha value is 10.1. The fourth-order valence-corrected chi connectivity index (χ4v) is 5.96. The standard InChI is InChI=1S/C6H18O24P6.6Ba/c7-31(8,9)25-1-2(26-32(10,11)12)4(28-34(16,17)18)6(30-36(22,23)24)5(29-35(19,20)21)3(1)27-33(13,14)15;;;;;;/h1-6H,(H2,7,8,9)(H2,10,11,12)(H2,13,14,15)(H2,16,17,18)(H2,19,20,21)(H2,22,23,24);;;;;;/q;6*+2/p-12/t1-,2-,3-,4+,5-,6-;;;;;;. The maximum absolute atomic E-state index is 11.1. The zero-order valence-electron chi connectivity index (χ0n) is 20.2. The van der Waals surface area contributed by atoms with Crippen molar-refractivity contribution in [1.82, 2.24) is 0 Å². The van der Waals surface area contributed by atoms with E-state index in [2.05, 4.69) is 27.1 Å². The molecule has 0 aromatic carbocycles. The van der Waals surface area contributed by atoms with Gasteiger partial charge in [-0.15, -0.1) is 0 Å². The van der Waals surface area contributed by atoms with Gasteiger partial charge in [0.15, 0.2) is 0 Å². The predicted octanol–water partition coefficient (Wildman–Crippen LogP) is -13.0. The molecule has 0 aromatic heterocycles. The molecule has 1 saturated carbocycles. The molecule has 0 aromatic rings. The third-order valence-corrected chi connectivity index (χ3v) is 6.46. The van der Waals surface area contributed by atoms with Crippen molar-refractivity contribution in [1.29, 1.82) is 0 Å². The maximum Gasteiger partial charge on any atom is 2.00 e. The van der Waals surface area contributed by atoms with E-state index in [0.29, 0.717) is 0 Å². The Bertz CT molecular complexity index is 843. The van der Waals surface area contributed by atoms with Crippen LogP contribution in [0.15, 0.2) is 0 Å². The second kappa shape index (κ2) is 26.1. The quantitative estimate of drug-likeness (QED) is 0.129. The van der Waals surface area contributed by atoms with Gasteiger partial charge in [0.1, 0.15) is 36.6 Å². The summed E-state index contributed by atoms with van der Waals surface area (Å²) in [7, 11) is -40.1. The number of hydrogen-bond acceptors (Lipinski definition) is 24. The Kier molecular flexibility index (Phi) is 39.8. The van der Waals surface area contributed by atoms with Gasteiger partial charge >= 0.3 is 293 Å². The number of phosphoric acid groups is 6. The van der Waals surface area contributed by atoms with E-state index in [1.165, 1.54) is 0 Å². The fourth-order valence-electron chi connectivity index (χ4n) is 2.74. The molecule has 0 amide bonds. The van der Waals surface area contributed by atoms with Crippen LogP contribution in [0.1, 0.15) is 0 Å². The largest absolute Gasteiger partial charge is 2.00 e. The zero-order valence-corrected chi connectivity index (χ0v) is 52.2. The van der Waals surface area contributed by atoms with Gasteiger partial charge in [-0.05, 0) is 0 Å². The van der Waals surface area contributed by atoms with E-state index < -0.39 is 83.6 Å². The molecule has 24 nitrogen and oxygen atoms in total. The van der Waals surface area contributed by atoms with Crippen LogP contribution in [0.4, 0.5) is 0 Å². The van der Waals surface area contributed by atoms with Gasteiger partial charge in [-0.2, -0.15) is 0 Å². The van der Waals surface area contributed by atoms with Crippen molar-refractivity contribution in [3.05, 3.63) is 0 Å². The van der Waals surface area contributed by atoms with Crippen LogP contribution in [-0.4, -0.2) is 330 Å². The van der Waals surface area contributed by atoms with Crippen molar-refractivity contribution in [2.24, 2.45) is 0 Å². The SMILES string of the molecule is O=P([O-])([O-])O[C@H]1[C@H](OP(=O)([O-])[O-])[C@@H](OP(=O)([O-])[O-])[C@H](OP(=O)([O-])[O-])[C@@H](OP(=O)([O-])[O-])[C@H]1OP(=O)([O-])[O-].[Ba+2].[Ba+2].[Ba+2].[Ba+2].[Ba+2].[Ba+2]. The van der Waals surface area contributed by atoms with Crippen LogP contribution < -0.4 is 58.7 Å². The molecule has 1 aliphatic carbocycles. The third kappa shape index (κ3) is 29.4. The van der Waals surface area contributed by atoms with Crippen LogP contribution in [0.5, 0.6) is 0 Å². The van der Waals surface area contributed by atoms with E-state index in [9.17, 15) is 86.1 Å². The Morgan fingerprint density at radius 3 is 0.381 bits per heavy atom. The van der Waals surface area contributed by atoms with E-state index >= 15 is 0 Å². The normalized spacial score (nSPS) is 25.1. The van der Waals surface area contributed by atoms with Crippen molar-refractivity contribution in [3.8, 4) is 0 Å². The number of phosphoric ester groups is 6. The second-order valence-electron chi connectivity index (χ2n) is 6.10. The number of rotatable bonds is 12. The summed E-state index contributed by atoms with van der Waals surface area (Å²) < 4.78 is 88.3. The van der Waals surface area contributed by atoms with Crippen molar-refractivity contribution >= 4 is 340 Å². The summed E-state index contributed by atoms with van der Waals surface area (Å²) in [6.07, 6.45) is -21.5. The molecule has 0 bridgehead atoms. The van der Waals surface area contributed by atoms with Gasteiger partial charge in [-0.1, -0.05) is 0 Å². The monoisotopic (exact) mass is 1480 g/mol. The molecule has 0 aliphatic heterocycles. The van der Waals surface area contributed by atoms with E-state index in [-0.39, 0.29) is 293 Å². The van der Waals surface area contributed by atoms with Crippen LogP contribution in [-0.2, 0) is 54.5 Å². The zero-order chi connectivity index (χ0) is 28.7. The second-order valence-corrected chi connectivity index (χ2v) is 12.7. The summed E-state index contributed by atoms with van der Waals surface area (Å²) in [5.74, 6) is 0. The van der Waals surface area contributed by atoms with Crippen molar-refractivity contribution in [2.75, 3.05) is 0 Å². The summed E-state index contributed by atoms with van der Waals surface area (Å²) in [6.45, 7) is 0. The smallest absolute Gasteiger partial charge is 0.790 e. The number of hydrogen-bond donors (Lipinski definition) is 0. The first-order valence-electron chi connectivity index (χ1n) is 7.80. The van der Waals surface area contributed by atoms with Gasteiger partial charge < -0.3 is 113 Å². The van der Waals surface area contributed by atoms with Crippen LogP contribution >= 0.6 is 46.9 Å². The minimum Gasteiger partial charge on any atom is -0.790 e. The van der Waals surface area contributed by atoms with Crippen molar-refractivity contribution in [2.45, 2.75) is 36.6 Å². The first-order chi connectivity index (χ1) is 15.6. The van der Waals surface area contributed by atoms with Crippen molar-refractivity contribution in [3.63, 3.8) is 0 Å². The average Bonchev–Trinajstić information content (AvgIpc) is 2.51. The topological polar surface area (TPSA) is 435 Å². The maximum atomic E-state index is 11.1. The fraction of sp³-hybridized carbons (Fsp3) is 1.00. The molecule has 1 fully saturated rings. The molecule has 0 heterocycles. The van der Waals surface area contributed by atoms with Crippen LogP contribution in [0.2, 0.25) is 0 Å². The van der Waals surface area contributed by atoms with Gasteiger partial charge in [0, 0.05) is 0 Å². The average molecular weight is 1470 g/mol. The van der Waals surface area contributed by atoms with Crippen LogP contribution in [0.3, 0.4) is 0 Å². The molecule has 36 heteroatoms. The predicted molar refractivity (Wildman–Crippen MR) is 109 cm³/mol. The molecule has 0 spiro atoms. The molecule has 42 heavy (non-hydrogen) atoms. The molecule has 1 aliphatic rings. The Morgan fingerprint density at radius 1 is 0.262 bits per heavy atom. The van der Waals surface area contributed by atoms with Crippen molar-refractivity contribution < 1.29 is 113 Å². The van der Waals surface area contributed by atoms with Crippen LogP contribution in [0, 0.1) is 0 Å². The van der Waals surface area contributed by atoms with Crippen LogP contribution in [0.25, 0.3) is 0 Å². The Morgan fingerprint density at radius 2 is 0.333 bits per heavy atom. The Balaban J connectivity index is -0.000000540. The van der Waals surface area contributed by atoms with E-state index in [1.54, 1.807) is 0 Å². The minimum absolute atomic E-state index is 0. The van der Waals surface area contributed by atoms with E-state index in [4.69, 9.17) is 0 Å². The Labute approximate surface area is 477 Å². The summed E-state index contributed by atoms with van der Waals surface area (Å²) in [5.41, 5.74) is 0. The molecule has 216 valence electrons. The third-order valence-electron chi connectivity index (χ3n) is 3.45. The molecule has 0 atom stereocenters. The van der Waals surface area contributed by atoms with Gasteiger partial charge in [-0.25, -0.2) is 0 Å². The summed E-state index contributed by atoms with van der Waals surface area (Å²) >= 11 is 0. The van der Waals surface area contributed by atoms with Gasteiger partial charge in [0.2, 0.25) is 0 Å². The first kappa shape index (κ1) is 64.0. The molecular formula is C6H6Ba6O24P6. The first-order valence-corrected chi connectivity index (χ1v) is 16.6. The summed E-state index contributed by atoms with van der Waals surface area (Å²) in [6, 6.07) is 0. The van der Waals surface area contributed by atoms with Gasteiger partial charge in [0.05, 0.1) is 46.9 Å². The molecule has 0 saturated heterocycles. The summed E-state index contributed by atoms with van der Waals surface area (Å²) in [5, 5.41) is 0. The van der Waals surface area contributed by atoms with Gasteiger partial charge in [0.25, 0.3) is 0 Å². The molecule has 1 rings (SSSR count). The molecule has 0 radical (unpaired) electrons. The molecule has 0 unspecified atom stereocenters. The molecule has 0 N–H and O–H groups in total. The summed E-state index contributed by atoms with van der Waals surface area (Å²) in [4.78, 5) is 133. The van der Waals surface area contributed by atoms with E-state index in [1.807, 2.05) is 0 Å².